The first-order valence-corrected chi connectivity index (χ1v) is 12.5. The second kappa shape index (κ2) is 22.2. The molecule has 6 nitrogen and oxygen atoms in total. The fourth-order valence-corrected chi connectivity index (χ4v) is 2.99. The molecule has 0 spiro atoms. The van der Waals surface area contributed by atoms with Crippen molar-refractivity contribution in [3.05, 3.63) is 0 Å². The summed E-state index contributed by atoms with van der Waals surface area (Å²) in [6.45, 7) is 3.49. The number of hydrogen-bond acceptors (Lipinski definition) is 6. The molecule has 0 saturated heterocycles. The molecule has 28 heavy (non-hydrogen) atoms. The molecule has 0 aromatic heterocycles. The van der Waals surface area contributed by atoms with Gasteiger partial charge in [0.15, 0.2) is 0 Å². The molecular weight excluding hydrogens is 475 g/mol. The highest BCUT2D eigenvalue weighted by Gasteiger charge is 2.12. The van der Waals surface area contributed by atoms with Gasteiger partial charge in [0.1, 0.15) is 12.2 Å². The summed E-state index contributed by atoms with van der Waals surface area (Å²) in [6, 6.07) is 0. The molecule has 0 aliphatic rings. The summed E-state index contributed by atoms with van der Waals surface area (Å²) < 4.78 is 16.8. The van der Waals surface area contributed by atoms with Crippen molar-refractivity contribution in [1.29, 1.82) is 0 Å². The molecule has 0 heterocycles. The lowest BCUT2D eigenvalue weighted by Gasteiger charge is -2.18. The average molecular weight is 518 g/mol. The van der Waals surface area contributed by atoms with Crippen LogP contribution in [-0.2, 0) is 14.2 Å². The minimum atomic E-state index is -0.678. The Morgan fingerprint density at radius 1 is 0.714 bits per heavy atom. The number of ether oxygens (including phenoxy) is 3. The summed E-state index contributed by atoms with van der Waals surface area (Å²) >= 11 is 2.07. The molecule has 0 radical (unpaired) electrons. The summed E-state index contributed by atoms with van der Waals surface area (Å²) in [4.78, 5) is 0. The molecule has 0 bridgehead atoms. The van der Waals surface area contributed by atoms with Crippen molar-refractivity contribution in [3.63, 3.8) is 0 Å². The van der Waals surface area contributed by atoms with Crippen LogP contribution in [0.25, 0.3) is 0 Å². The predicted molar refractivity (Wildman–Crippen MR) is 121 cm³/mol. The third-order valence-corrected chi connectivity index (χ3v) is 5.49. The standard InChI is InChI=1S/C21H43IO6/c1-2-3-4-5-6-7-8-9-10-11-12-26-15-20(25)16-27-18-21(14-23)28-17-19(24)13-22/h19-21,23-25H,2-18H2,1H3. The summed E-state index contributed by atoms with van der Waals surface area (Å²) in [5.74, 6) is 0. The summed E-state index contributed by atoms with van der Waals surface area (Å²) in [5.41, 5.74) is 0. The van der Waals surface area contributed by atoms with Gasteiger partial charge in [-0.15, -0.1) is 0 Å². The van der Waals surface area contributed by atoms with E-state index in [-0.39, 0.29) is 33.0 Å². The van der Waals surface area contributed by atoms with Crippen molar-refractivity contribution in [2.75, 3.05) is 44.1 Å². The van der Waals surface area contributed by atoms with Crippen LogP contribution in [0.15, 0.2) is 0 Å². The third kappa shape index (κ3) is 19.8. The summed E-state index contributed by atoms with van der Waals surface area (Å²) in [7, 11) is 0. The number of aliphatic hydroxyl groups excluding tert-OH is 3. The number of unbranched alkanes of at least 4 members (excludes halogenated alkanes) is 9. The molecule has 7 heteroatoms. The first kappa shape index (κ1) is 28.5. The molecule has 3 unspecified atom stereocenters. The van der Waals surface area contributed by atoms with Crippen LogP contribution in [0.5, 0.6) is 0 Å². The molecule has 0 aromatic carbocycles. The van der Waals surface area contributed by atoms with Gasteiger partial charge in [-0.25, -0.2) is 0 Å². The lowest BCUT2D eigenvalue weighted by molar-refractivity contribution is -0.0826. The Morgan fingerprint density at radius 2 is 1.29 bits per heavy atom. The maximum absolute atomic E-state index is 9.86. The van der Waals surface area contributed by atoms with Crippen molar-refractivity contribution >= 4 is 22.6 Å². The molecule has 0 aliphatic carbocycles. The Hall–Kier alpha value is 0.490. The molecule has 0 amide bonds. The fourth-order valence-electron chi connectivity index (χ4n) is 2.74. The lowest BCUT2D eigenvalue weighted by atomic mass is 10.1. The second-order valence-electron chi connectivity index (χ2n) is 7.39. The minimum absolute atomic E-state index is 0.146. The second-order valence-corrected chi connectivity index (χ2v) is 8.28. The van der Waals surface area contributed by atoms with Crippen LogP contribution in [0.4, 0.5) is 0 Å². The van der Waals surface area contributed by atoms with Crippen molar-refractivity contribution in [1.82, 2.24) is 0 Å². The Balaban J connectivity index is 3.39. The number of alkyl halides is 1. The van der Waals surface area contributed by atoms with Crippen molar-refractivity contribution in [2.24, 2.45) is 0 Å². The van der Waals surface area contributed by atoms with Gasteiger partial charge < -0.3 is 29.5 Å². The Kier molecular flexibility index (Phi) is 22.6. The van der Waals surface area contributed by atoms with Gasteiger partial charge in [-0.2, -0.15) is 0 Å². The van der Waals surface area contributed by atoms with E-state index < -0.39 is 18.3 Å². The number of halogens is 1. The zero-order chi connectivity index (χ0) is 20.9. The lowest BCUT2D eigenvalue weighted by Crippen LogP contribution is -2.31. The van der Waals surface area contributed by atoms with Gasteiger partial charge in [-0.05, 0) is 6.42 Å². The Morgan fingerprint density at radius 3 is 1.86 bits per heavy atom. The van der Waals surface area contributed by atoms with Crippen molar-refractivity contribution in [3.8, 4) is 0 Å². The van der Waals surface area contributed by atoms with Crippen LogP contribution in [0.3, 0.4) is 0 Å². The summed E-state index contributed by atoms with van der Waals surface area (Å²) in [5, 5.41) is 28.5. The fraction of sp³-hybridized carbons (Fsp3) is 1.00. The van der Waals surface area contributed by atoms with Crippen molar-refractivity contribution < 1.29 is 29.5 Å². The van der Waals surface area contributed by atoms with Crippen LogP contribution < -0.4 is 0 Å². The Bertz CT molecular complexity index is 309. The zero-order valence-corrected chi connectivity index (χ0v) is 19.9. The van der Waals surface area contributed by atoms with Crippen LogP contribution in [-0.4, -0.2) is 77.7 Å². The van der Waals surface area contributed by atoms with Gasteiger partial charge in [-0.1, -0.05) is 87.3 Å². The van der Waals surface area contributed by atoms with E-state index in [1.807, 2.05) is 0 Å². The monoisotopic (exact) mass is 518 g/mol. The number of hydrogen-bond donors (Lipinski definition) is 3. The highest BCUT2D eigenvalue weighted by atomic mass is 127. The molecule has 0 aliphatic heterocycles. The topological polar surface area (TPSA) is 88.4 Å². The predicted octanol–water partition coefficient (Wildman–Crippen LogP) is 3.47. The molecule has 3 atom stereocenters. The van der Waals surface area contributed by atoms with Crippen LogP contribution in [0, 0.1) is 0 Å². The maximum Gasteiger partial charge on any atom is 0.104 e. The molecule has 0 saturated carbocycles. The first-order chi connectivity index (χ1) is 13.6. The highest BCUT2D eigenvalue weighted by Crippen LogP contribution is 2.10. The van der Waals surface area contributed by atoms with E-state index in [4.69, 9.17) is 14.2 Å². The number of aliphatic hydroxyl groups is 3. The minimum Gasteiger partial charge on any atom is -0.394 e. The van der Waals surface area contributed by atoms with E-state index in [2.05, 4.69) is 29.5 Å². The van der Waals surface area contributed by atoms with Crippen LogP contribution in [0.1, 0.15) is 71.1 Å². The quantitative estimate of drug-likeness (QED) is 0.116. The van der Waals surface area contributed by atoms with E-state index in [1.54, 1.807) is 0 Å². The van der Waals surface area contributed by atoms with Gasteiger partial charge in [0.2, 0.25) is 0 Å². The Labute approximate surface area is 185 Å². The van der Waals surface area contributed by atoms with Gasteiger partial charge in [-0.3, -0.25) is 0 Å². The van der Waals surface area contributed by atoms with Crippen molar-refractivity contribution in [2.45, 2.75) is 89.4 Å². The molecule has 0 aromatic rings. The van der Waals surface area contributed by atoms with Gasteiger partial charge in [0, 0.05) is 11.0 Å². The van der Waals surface area contributed by atoms with Crippen LogP contribution in [0.2, 0.25) is 0 Å². The van der Waals surface area contributed by atoms with E-state index in [9.17, 15) is 15.3 Å². The SMILES string of the molecule is CCCCCCCCCCCCOCC(O)COCC(CO)OCC(O)CI. The smallest absolute Gasteiger partial charge is 0.104 e. The molecule has 3 N–H and O–H groups in total. The largest absolute Gasteiger partial charge is 0.394 e. The van der Waals surface area contributed by atoms with E-state index in [0.717, 1.165) is 6.42 Å². The number of rotatable bonds is 22. The first-order valence-electron chi connectivity index (χ1n) is 10.9. The van der Waals surface area contributed by atoms with E-state index in [1.165, 1.54) is 57.8 Å². The van der Waals surface area contributed by atoms with E-state index in [0.29, 0.717) is 11.0 Å². The van der Waals surface area contributed by atoms with Gasteiger partial charge in [0.05, 0.1) is 39.1 Å². The molecule has 170 valence electrons. The average Bonchev–Trinajstić information content (AvgIpc) is 2.70. The van der Waals surface area contributed by atoms with Crippen LogP contribution >= 0.6 is 22.6 Å². The van der Waals surface area contributed by atoms with E-state index >= 15 is 0 Å². The zero-order valence-electron chi connectivity index (χ0n) is 17.7. The van der Waals surface area contributed by atoms with Gasteiger partial charge in [0.25, 0.3) is 0 Å². The molecule has 0 fully saturated rings. The highest BCUT2D eigenvalue weighted by molar-refractivity contribution is 14.1. The third-order valence-electron chi connectivity index (χ3n) is 4.47. The summed E-state index contributed by atoms with van der Waals surface area (Å²) in [6.07, 6.45) is 11.2. The maximum atomic E-state index is 9.86. The van der Waals surface area contributed by atoms with Gasteiger partial charge >= 0.3 is 0 Å². The molecular formula is C21H43IO6. The normalized spacial score (nSPS) is 14.9. The molecule has 0 rings (SSSR count).